The quantitative estimate of drug-likeness (QED) is 0.630. The molecule has 1 aromatic heterocycles. The number of anilines is 1. The minimum atomic E-state index is -1.31. The Morgan fingerprint density at radius 2 is 2.15 bits per heavy atom. The number of nitro groups is 1. The minimum Gasteiger partial charge on any atom is -0.477 e. The number of aromatic carboxylic acids is 1. The molecule has 1 heterocycles. The van der Waals surface area contributed by atoms with Crippen molar-refractivity contribution < 1.29 is 14.8 Å². The molecule has 2 N–H and O–H groups in total. The average Bonchev–Trinajstić information content (AvgIpc) is 2.91. The Morgan fingerprint density at radius 3 is 2.75 bits per heavy atom. The van der Waals surface area contributed by atoms with Gasteiger partial charge in [-0.2, -0.15) is 0 Å². The van der Waals surface area contributed by atoms with Gasteiger partial charge in [-0.15, -0.1) is 11.3 Å². The third kappa shape index (κ3) is 3.12. The Balaban J connectivity index is 2.16. The van der Waals surface area contributed by atoms with Crippen LogP contribution < -0.4 is 5.32 Å². The van der Waals surface area contributed by atoms with E-state index in [1.807, 2.05) is 17.5 Å². The fraction of sp³-hybridized carbons (Fsp3) is 0.154. The van der Waals surface area contributed by atoms with E-state index in [0.717, 1.165) is 11.3 Å². The molecule has 0 aliphatic rings. The van der Waals surface area contributed by atoms with Gasteiger partial charge < -0.3 is 10.4 Å². The third-order valence-corrected chi connectivity index (χ3v) is 3.65. The lowest BCUT2D eigenvalue weighted by molar-refractivity contribution is -0.384. The lowest BCUT2D eigenvalue weighted by Gasteiger charge is -2.08. The van der Waals surface area contributed by atoms with Gasteiger partial charge in [-0.25, -0.2) is 4.79 Å². The van der Waals surface area contributed by atoms with Crippen molar-refractivity contribution in [2.24, 2.45) is 0 Å². The van der Waals surface area contributed by atoms with E-state index in [4.69, 9.17) is 5.11 Å². The van der Waals surface area contributed by atoms with Gasteiger partial charge in [-0.05, 0) is 30.0 Å². The molecule has 2 aromatic rings. The van der Waals surface area contributed by atoms with Crippen molar-refractivity contribution in [1.29, 1.82) is 0 Å². The highest BCUT2D eigenvalue weighted by Gasteiger charge is 2.23. The zero-order valence-corrected chi connectivity index (χ0v) is 11.2. The number of nitrogens with zero attached hydrogens (tertiary/aromatic N) is 1. The fourth-order valence-electron chi connectivity index (χ4n) is 1.83. The molecule has 0 unspecified atom stereocenters. The third-order valence-electron chi connectivity index (χ3n) is 2.72. The van der Waals surface area contributed by atoms with Crippen LogP contribution in [0.3, 0.4) is 0 Å². The van der Waals surface area contributed by atoms with Crippen LogP contribution >= 0.6 is 11.3 Å². The Kier molecular flexibility index (Phi) is 4.31. The summed E-state index contributed by atoms with van der Waals surface area (Å²) in [6.07, 6.45) is 0.728. The van der Waals surface area contributed by atoms with Gasteiger partial charge in [0, 0.05) is 11.4 Å². The van der Waals surface area contributed by atoms with Crippen LogP contribution in [0.15, 0.2) is 35.7 Å². The van der Waals surface area contributed by atoms with Gasteiger partial charge >= 0.3 is 11.7 Å². The number of hydrogen-bond donors (Lipinski definition) is 2. The molecular formula is C13H12N2O4S. The molecule has 0 fully saturated rings. The van der Waals surface area contributed by atoms with Crippen molar-refractivity contribution in [2.45, 2.75) is 6.42 Å². The number of rotatable bonds is 6. The lowest BCUT2D eigenvalue weighted by Crippen LogP contribution is -2.09. The molecule has 6 nitrogen and oxygen atoms in total. The van der Waals surface area contributed by atoms with Crippen LogP contribution in [0.4, 0.5) is 11.4 Å². The molecule has 7 heteroatoms. The number of para-hydroxylation sites is 1. The summed E-state index contributed by atoms with van der Waals surface area (Å²) in [4.78, 5) is 22.5. The number of thiophene rings is 1. The smallest absolute Gasteiger partial charge is 0.342 e. The summed E-state index contributed by atoms with van der Waals surface area (Å²) in [6.45, 7) is 0.504. The molecule has 20 heavy (non-hydrogen) atoms. The molecule has 104 valence electrons. The zero-order valence-electron chi connectivity index (χ0n) is 10.4. The maximum atomic E-state index is 11.0. The van der Waals surface area contributed by atoms with Gasteiger partial charge in [0.05, 0.1) is 4.92 Å². The summed E-state index contributed by atoms with van der Waals surface area (Å²) in [5, 5.41) is 24.9. The summed E-state index contributed by atoms with van der Waals surface area (Å²) in [5.74, 6) is -1.31. The number of carbonyl (C=O) groups is 1. The summed E-state index contributed by atoms with van der Waals surface area (Å²) < 4.78 is 0. The highest BCUT2D eigenvalue weighted by atomic mass is 32.1. The van der Waals surface area contributed by atoms with Crippen molar-refractivity contribution in [3.8, 4) is 0 Å². The highest BCUT2D eigenvalue weighted by molar-refractivity contribution is 7.09. The first-order valence-electron chi connectivity index (χ1n) is 5.86. The van der Waals surface area contributed by atoms with E-state index < -0.39 is 16.6 Å². The molecular weight excluding hydrogens is 280 g/mol. The van der Waals surface area contributed by atoms with Crippen LogP contribution in [0, 0.1) is 10.1 Å². The van der Waals surface area contributed by atoms with E-state index in [1.165, 1.54) is 18.2 Å². The topological polar surface area (TPSA) is 92.5 Å². The van der Waals surface area contributed by atoms with Gasteiger partial charge in [0.15, 0.2) is 0 Å². The predicted molar refractivity (Wildman–Crippen MR) is 76.6 cm³/mol. The van der Waals surface area contributed by atoms with E-state index in [0.29, 0.717) is 6.54 Å². The highest BCUT2D eigenvalue weighted by Crippen LogP contribution is 2.28. The first-order valence-corrected chi connectivity index (χ1v) is 6.74. The molecule has 0 amide bonds. The number of carboxylic acid groups (broad SMARTS) is 1. The molecule has 1 aromatic carbocycles. The number of benzene rings is 1. The molecule has 0 saturated heterocycles. The van der Waals surface area contributed by atoms with Gasteiger partial charge in [0.25, 0.3) is 0 Å². The average molecular weight is 292 g/mol. The van der Waals surface area contributed by atoms with E-state index in [9.17, 15) is 14.9 Å². The summed E-state index contributed by atoms with van der Waals surface area (Å²) in [6, 6.07) is 8.15. The van der Waals surface area contributed by atoms with Crippen LogP contribution in [0.1, 0.15) is 15.2 Å². The van der Waals surface area contributed by atoms with Crippen molar-refractivity contribution in [3.05, 3.63) is 56.3 Å². The number of nitro benzene ring substituents is 1. The van der Waals surface area contributed by atoms with Crippen LogP contribution in [0.2, 0.25) is 0 Å². The Labute approximate surface area is 118 Å². The molecule has 0 aliphatic carbocycles. The van der Waals surface area contributed by atoms with Gasteiger partial charge in [0.2, 0.25) is 0 Å². The first-order chi connectivity index (χ1) is 9.59. The van der Waals surface area contributed by atoms with Gasteiger partial charge in [-0.3, -0.25) is 10.1 Å². The first kappa shape index (κ1) is 14.0. The predicted octanol–water partition coefficient (Wildman–Crippen LogP) is 3.01. The molecule has 0 atom stereocenters. The number of hydrogen-bond acceptors (Lipinski definition) is 5. The zero-order chi connectivity index (χ0) is 14.5. The molecule has 0 radical (unpaired) electrons. The van der Waals surface area contributed by atoms with Crippen molar-refractivity contribution in [1.82, 2.24) is 0 Å². The lowest BCUT2D eigenvalue weighted by atomic mass is 10.1. The van der Waals surface area contributed by atoms with Crippen LogP contribution in [-0.2, 0) is 6.42 Å². The number of carboxylic acids is 1. The molecule has 0 bridgehead atoms. The largest absolute Gasteiger partial charge is 0.477 e. The second kappa shape index (κ2) is 6.16. The van der Waals surface area contributed by atoms with E-state index in [1.54, 1.807) is 11.3 Å². The maximum absolute atomic E-state index is 11.0. The second-order valence-electron chi connectivity index (χ2n) is 4.02. The normalized spacial score (nSPS) is 10.2. The number of nitrogens with one attached hydrogen (secondary N) is 1. The SMILES string of the molecule is O=C(O)c1cccc(NCCc2cccs2)c1[N+](=O)[O-]. The maximum Gasteiger partial charge on any atom is 0.342 e. The van der Waals surface area contributed by atoms with Gasteiger partial charge in [0.1, 0.15) is 11.3 Å². The Morgan fingerprint density at radius 1 is 1.35 bits per heavy atom. The standard InChI is InChI=1S/C13H12N2O4S/c16-13(17)10-4-1-5-11(12(10)15(18)19)14-7-6-9-3-2-8-20-9/h1-5,8,14H,6-7H2,(H,16,17). The fourth-order valence-corrected chi connectivity index (χ4v) is 2.54. The summed E-state index contributed by atoms with van der Waals surface area (Å²) in [5.41, 5.74) is -0.478. The minimum absolute atomic E-state index is 0.228. The van der Waals surface area contributed by atoms with Crippen molar-refractivity contribution >= 4 is 28.7 Å². The van der Waals surface area contributed by atoms with Crippen LogP contribution in [0.5, 0.6) is 0 Å². The summed E-state index contributed by atoms with van der Waals surface area (Å²) in [7, 11) is 0. The van der Waals surface area contributed by atoms with E-state index >= 15 is 0 Å². The molecule has 2 rings (SSSR count). The molecule has 0 spiro atoms. The molecule has 0 aliphatic heterocycles. The van der Waals surface area contributed by atoms with Crippen LogP contribution in [0.25, 0.3) is 0 Å². The Hall–Kier alpha value is -2.41. The van der Waals surface area contributed by atoms with E-state index in [2.05, 4.69) is 5.32 Å². The van der Waals surface area contributed by atoms with Crippen molar-refractivity contribution in [3.63, 3.8) is 0 Å². The van der Waals surface area contributed by atoms with E-state index in [-0.39, 0.29) is 11.3 Å². The monoisotopic (exact) mass is 292 g/mol. The molecule has 0 saturated carbocycles. The van der Waals surface area contributed by atoms with Gasteiger partial charge in [-0.1, -0.05) is 12.1 Å². The van der Waals surface area contributed by atoms with Crippen LogP contribution in [-0.4, -0.2) is 22.5 Å². The second-order valence-corrected chi connectivity index (χ2v) is 5.05. The Bertz CT molecular complexity index is 625. The summed E-state index contributed by atoms with van der Waals surface area (Å²) >= 11 is 1.61. The van der Waals surface area contributed by atoms with Crippen molar-refractivity contribution in [2.75, 3.05) is 11.9 Å².